The van der Waals surface area contributed by atoms with Crippen molar-refractivity contribution in [3.63, 3.8) is 0 Å². The Bertz CT molecular complexity index is 804. The zero-order valence-electron chi connectivity index (χ0n) is 21.8. The molecule has 0 saturated heterocycles. The molecule has 0 saturated carbocycles. The average Bonchev–Trinajstić information content (AvgIpc) is 2.92. The minimum Gasteiger partial charge on any atom is -0.419 e. The van der Waals surface area contributed by atoms with Crippen LogP contribution >= 0.6 is 0 Å². The topological polar surface area (TPSA) is 52.6 Å². The standard InChI is InChI=1S/C21H18O4.4C2H6/c1-3-11-19(25-21(23)17-14-9-6-10-15-17)18(4-2)24-20(22)16-12-7-5-8-13-16;4*1-2/h3-15H,1H2,2H3;4*1-2H3/b18-4+,19-11+;;;;. The van der Waals surface area contributed by atoms with Gasteiger partial charge < -0.3 is 9.47 Å². The van der Waals surface area contributed by atoms with Gasteiger partial charge in [0.1, 0.15) is 0 Å². The molecule has 4 nitrogen and oxygen atoms in total. The van der Waals surface area contributed by atoms with Gasteiger partial charge in [-0.05, 0) is 43.3 Å². The summed E-state index contributed by atoms with van der Waals surface area (Å²) in [6.07, 6.45) is 4.47. The Balaban J connectivity index is -0.00000101. The SMILES string of the molecule is C=C/C=C(OC(=O)c1ccccc1)\C(=C/C)OC(=O)c1ccccc1.CC.CC.CC.CC. The first-order chi connectivity index (χ1) is 16.2. The third-order valence-corrected chi connectivity index (χ3v) is 3.20. The predicted molar refractivity (Wildman–Crippen MR) is 141 cm³/mol. The Morgan fingerprint density at radius 1 is 0.636 bits per heavy atom. The first-order valence-electron chi connectivity index (χ1n) is 11.7. The Labute approximate surface area is 201 Å². The number of hydrogen-bond donors (Lipinski definition) is 0. The maximum atomic E-state index is 12.2. The van der Waals surface area contributed by atoms with Gasteiger partial charge in [0.2, 0.25) is 0 Å². The summed E-state index contributed by atoms with van der Waals surface area (Å²) in [6.45, 7) is 21.3. The van der Waals surface area contributed by atoms with Gasteiger partial charge in [-0.3, -0.25) is 0 Å². The van der Waals surface area contributed by atoms with Crippen LogP contribution in [-0.4, -0.2) is 11.9 Å². The van der Waals surface area contributed by atoms with E-state index >= 15 is 0 Å². The van der Waals surface area contributed by atoms with E-state index in [-0.39, 0.29) is 11.5 Å². The lowest BCUT2D eigenvalue weighted by Crippen LogP contribution is -2.11. The van der Waals surface area contributed by atoms with Gasteiger partial charge in [0, 0.05) is 0 Å². The fourth-order valence-corrected chi connectivity index (χ4v) is 1.99. The quantitative estimate of drug-likeness (QED) is 0.249. The molecule has 0 fully saturated rings. The van der Waals surface area contributed by atoms with E-state index in [1.807, 2.05) is 55.4 Å². The largest absolute Gasteiger partial charge is 0.419 e. The third-order valence-electron chi connectivity index (χ3n) is 3.20. The highest BCUT2D eigenvalue weighted by Crippen LogP contribution is 2.18. The fourth-order valence-electron chi connectivity index (χ4n) is 1.99. The highest BCUT2D eigenvalue weighted by molar-refractivity contribution is 5.91. The van der Waals surface area contributed by atoms with Crippen LogP contribution in [0.2, 0.25) is 0 Å². The van der Waals surface area contributed by atoms with Gasteiger partial charge in [0.15, 0.2) is 11.5 Å². The molecule has 0 aliphatic heterocycles. The van der Waals surface area contributed by atoms with Gasteiger partial charge in [-0.15, -0.1) is 0 Å². The first-order valence-corrected chi connectivity index (χ1v) is 11.7. The van der Waals surface area contributed by atoms with Gasteiger partial charge in [0.05, 0.1) is 11.1 Å². The molecule has 0 atom stereocenters. The van der Waals surface area contributed by atoms with E-state index in [4.69, 9.17) is 9.47 Å². The van der Waals surface area contributed by atoms with Gasteiger partial charge in [0.25, 0.3) is 0 Å². The third kappa shape index (κ3) is 14.3. The van der Waals surface area contributed by atoms with Crippen LogP contribution in [0.25, 0.3) is 0 Å². The van der Waals surface area contributed by atoms with E-state index in [0.29, 0.717) is 11.1 Å². The predicted octanol–water partition coefficient (Wildman–Crippen LogP) is 8.78. The monoisotopic (exact) mass is 454 g/mol. The first kappa shape index (κ1) is 34.2. The molecule has 0 bridgehead atoms. The average molecular weight is 455 g/mol. The molecule has 0 aliphatic carbocycles. The Morgan fingerprint density at radius 3 is 1.27 bits per heavy atom. The van der Waals surface area contributed by atoms with E-state index in [9.17, 15) is 9.59 Å². The lowest BCUT2D eigenvalue weighted by atomic mass is 10.2. The molecule has 182 valence electrons. The number of rotatable bonds is 6. The van der Waals surface area contributed by atoms with Crippen LogP contribution in [0.15, 0.2) is 97.0 Å². The van der Waals surface area contributed by atoms with Crippen molar-refractivity contribution in [3.8, 4) is 0 Å². The molecule has 0 N–H and O–H groups in total. The fraction of sp³-hybridized carbons (Fsp3) is 0.310. The molecule has 2 aromatic rings. The van der Waals surface area contributed by atoms with Crippen LogP contribution in [-0.2, 0) is 9.47 Å². The minimum absolute atomic E-state index is 0.107. The summed E-state index contributed by atoms with van der Waals surface area (Å²) >= 11 is 0. The number of carbonyl (C=O) groups excluding carboxylic acids is 2. The summed E-state index contributed by atoms with van der Waals surface area (Å²) in [5.74, 6) is -0.850. The highest BCUT2D eigenvalue weighted by Gasteiger charge is 2.17. The maximum Gasteiger partial charge on any atom is 0.343 e. The minimum atomic E-state index is -0.552. The zero-order valence-corrected chi connectivity index (χ0v) is 21.8. The van der Waals surface area contributed by atoms with Crippen molar-refractivity contribution in [2.24, 2.45) is 0 Å². The van der Waals surface area contributed by atoms with Crippen LogP contribution in [0.4, 0.5) is 0 Å². The summed E-state index contributed by atoms with van der Waals surface area (Å²) in [5, 5.41) is 0. The van der Waals surface area contributed by atoms with Crippen LogP contribution in [0, 0.1) is 0 Å². The molecular formula is C29H42O4. The van der Waals surface area contributed by atoms with E-state index in [1.165, 1.54) is 12.2 Å². The maximum absolute atomic E-state index is 12.2. The Morgan fingerprint density at radius 2 is 0.970 bits per heavy atom. The number of benzene rings is 2. The summed E-state index contributed by atoms with van der Waals surface area (Å²) in [5.41, 5.74) is 0.788. The number of carbonyl (C=O) groups is 2. The zero-order chi connectivity index (χ0) is 26.1. The number of ether oxygens (including phenoxy) is 2. The van der Waals surface area contributed by atoms with Crippen molar-refractivity contribution in [3.05, 3.63) is 108 Å². The van der Waals surface area contributed by atoms with Crippen molar-refractivity contribution >= 4 is 11.9 Å². The van der Waals surface area contributed by atoms with E-state index in [0.717, 1.165) is 0 Å². The molecule has 0 aromatic heterocycles. The smallest absolute Gasteiger partial charge is 0.343 e. The molecule has 33 heavy (non-hydrogen) atoms. The van der Waals surface area contributed by atoms with Crippen molar-refractivity contribution in [1.82, 2.24) is 0 Å². The molecule has 4 heteroatoms. The lowest BCUT2D eigenvalue weighted by Gasteiger charge is -2.12. The highest BCUT2D eigenvalue weighted by atomic mass is 16.6. The summed E-state index contributed by atoms with van der Waals surface area (Å²) in [6, 6.07) is 17.1. The second-order valence-electron chi connectivity index (χ2n) is 4.93. The van der Waals surface area contributed by atoms with E-state index in [1.54, 1.807) is 73.7 Å². The Kier molecular flexibility index (Phi) is 25.8. The lowest BCUT2D eigenvalue weighted by molar-refractivity contribution is 0.0518. The number of hydrogen-bond acceptors (Lipinski definition) is 4. The molecular weight excluding hydrogens is 412 g/mol. The Hall–Kier alpha value is -3.40. The van der Waals surface area contributed by atoms with Crippen LogP contribution < -0.4 is 0 Å². The molecule has 0 amide bonds. The second-order valence-corrected chi connectivity index (χ2v) is 4.93. The van der Waals surface area contributed by atoms with Gasteiger partial charge in [-0.2, -0.15) is 0 Å². The second kappa shape index (κ2) is 24.9. The van der Waals surface area contributed by atoms with Gasteiger partial charge >= 0.3 is 11.9 Å². The summed E-state index contributed by atoms with van der Waals surface area (Å²) < 4.78 is 10.7. The molecule has 0 spiro atoms. The molecule has 0 aliphatic rings. The van der Waals surface area contributed by atoms with Crippen molar-refractivity contribution in [2.75, 3.05) is 0 Å². The molecule has 0 heterocycles. The summed E-state index contributed by atoms with van der Waals surface area (Å²) in [7, 11) is 0. The van der Waals surface area contributed by atoms with E-state index in [2.05, 4.69) is 6.58 Å². The van der Waals surface area contributed by atoms with Gasteiger partial charge in [-0.25, -0.2) is 9.59 Å². The van der Waals surface area contributed by atoms with E-state index < -0.39 is 11.9 Å². The van der Waals surface area contributed by atoms with Crippen LogP contribution in [0.5, 0.6) is 0 Å². The van der Waals surface area contributed by atoms with Crippen molar-refractivity contribution in [2.45, 2.75) is 62.3 Å². The molecule has 0 radical (unpaired) electrons. The van der Waals surface area contributed by atoms with Gasteiger partial charge in [-0.1, -0.05) is 104 Å². The number of allylic oxidation sites excluding steroid dienone is 3. The normalized spacial score (nSPS) is 9.48. The van der Waals surface area contributed by atoms with Crippen LogP contribution in [0.3, 0.4) is 0 Å². The molecule has 2 rings (SSSR count). The van der Waals surface area contributed by atoms with Crippen molar-refractivity contribution in [1.29, 1.82) is 0 Å². The molecule has 0 unspecified atom stereocenters. The summed E-state index contributed by atoms with van der Waals surface area (Å²) in [4.78, 5) is 24.5. The number of esters is 2. The van der Waals surface area contributed by atoms with Crippen molar-refractivity contribution < 1.29 is 19.1 Å². The van der Waals surface area contributed by atoms with Crippen LogP contribution in [0.1, 0.15) is 83.0 Å². The molecule has 2 aromatic carbocycles.